The number of hydrogen-bond acceptors (Lipinski definition) is 7. The van der Waals surface area contributed by atoms with Gasteiger partial charge in [0.05, 0.1) is 33.0 Å². The lowest BCUT2D eigenvalue weighted by molar-refractivity contribution is -0.0145. The van der Waals surface area contributed by atoms with E-state index in [9.17, 15) is 18.4 Å². The van der Waals surface area contributed by atoms with Crippen molar-refractivity contribution < 1.29 is 22.7 Å². The second-order valence-corrected chi connectivity index (χ2v) is 10.5. The molecule has 0 aliphatic carbocycles. The number of halogens is 4. The largest absolute Gasteiger partial charge is 0.431 e. The second kappa shape index (κ2) is 8.93. The normalized spacial score (nSPS) is 15.4. The van der Waals surface area contributed by atoms with Crippen LogP contribution in [0.4, 0.5) is 8.78 Å². The molecule has 0 saturated heterocycles. The summed E-state index contributed by atoms with van der Waals surface area (Å²) in [5.41, 5.74) is 1.78. The average molecular weight is 578 g/mol. The van der Waals surface area contributed by atoms with E-state index in [-0.39, 0.29) is 27.2 Å². The number of hydrogen-bond donors (Lipinski definition) is 2. The van der Waals surface area contributed by atoms with E-state index in [0.29, 0.717) is 32.3 Å². The van der Waals surface area contributed by atoms with Crippen LogP contribution in [0.3, 0.4) is 0 Å². The molecule has 4 heterocycles. The van der Waals surface area contributed by atoms with Crippen LogP contribution in [0.1, 0.15) is 33.9 Å². The number of aromatic nitrogens is 4. The molecule has 0 fully saturated rings. The predicted molar refractivity (Wildman–Crippen MR) is 137 cm³/mol. The maximum absolute atomic E-state index is 14.2. The molecule has 6 rings (SSSR count). The molecule has 9 nitrogen and oxygen atoms in total. The molecule has 2 aromatic carbocycles. The number of nitrogens with zero attached hydrogens (tertiary/aromatic N) is 3. The minimum absolute atomic E-state index is 0.0597. The summed E-state index contributed by atoms with van der Waals surface area (Å²) in [6.45, 7) is -0.104. The topological polar surface area (TPSA) is 117 Å². The molecule has 1 aliphatic heterocycles. The van der Waals surface area contributed by atoms with Gasteiger partial charge in [0, 0.05) is 30.3 Å². The number of benzene rings is 2. The zero-order valence-electron chi connectivity index (χ0n) is 19.2. The van der Waals surface area contributed by atoms with Gasteiger partial charge in [0.15, 0.2) is 5.58 Å². The molecule has 5 aromatic rings. The highest BCUT2D eigenvalue weighted by molar-refractivity contribution is 7.13. The van der Waals surface area contributed by atoms with Gasteiger partial charge >= 0.3 is 5.76 Å². The molecule has 1 atom stereocenters. The van der Waals surface area contributed by atoms with E-state index in [1.54, 1.807) is 30.3 Å². The van der Waals surface area contributed by atoms with Crippen LogP contribution in [0, 0.1) is 0 Å². The van der Waals surface area contributed by atoms with Crippen molar-refractivity contribution in [1.82, 2.24) is 25.1 Å². The number of fused-ring (bicyclic) bond motifs is 2. The molecule has 38 heavy (non-hydrogen) atoms. The Bertz CT molecular complexity index is 1770. The number of aromatic amines is 2. The quantitative estimate of drug-likeness (QED) is 0.246. The Kier molecular flexibility index (Phi) is 5.78. The lowest BCUT2D eigenvalue weighted by atomic mass is 10.0. The van der Waals surface area contributed by atoms with Gasteiger partial charge < -0.3 is 14.1 Å². The Morgan fingerprint density at radius 2 is 2.03 bits per heavy atom. The minimum Gasteiger partial charge on any atom is -0.431 e. The number of rotatable bonds is 6. The van der Waals surface area contributed by atoms with Gasteiger partial charge in [0.25, 0.3) is 17.0 Å². The summed E-state index contributed by atoms with van der Waals surface area (Å²) < 4.78 is 39.6. The highest BCUT2D eigenvalue weighted by Gasteiger charge is 2.46. The van der Waals surface area contributed by atoms with E-state index in [1.807, 2.05) is 0 Å². The van der Waals surface area contributed by atoms with Crippen molar-refractivity contribution in [2.24, 2.45) is 0 Å². The number of oxazole rings is 1. The van der Waals surface area contributed by atoms with Gasteiger partial charge in [0.2, 0.25) is 0 Å². The number of carbonyl (C=O) groups is 1. The number of para-hydroxylation sites is 1. The standard InChI is InChI=1S/C24H15Cl2F2N5O4S/c1-24(27,28)9-33-19(15-8-29-23(38-15)36-10-5-6-12(25)13(26)7-10)16-17(31-32-18(16)21(33)34)11-3-2-4-14-20(11)37-22(35)30-14/h2-8,19H,9H2,1H3,(H,30,35)(H,31,32). The first kappa shape index (κ1) is 24.6. The fourth-order valence-electron chi connectivity index (χ4n) is 4.40. The number of alkyl halides is 2. The summed E-state index contributed by atoms with van der Waals surface area (Å²) in [6, 6.07) is 8.74. The summed E-state index contributed by atoms with van der Waals surface area (Å²) in [5.74, 6) is -4.11. The number of thiazole rings is 1. The van der Waals surface area contributed by atoms with Crippen molar-refractivity contribution in [2.75, 3.05) is 6.54 Å². The smallest absolute Gasteiger partial charge is 0.417 e. The van der Waals surface area contributed by atoms with Crippen LogP contribution >= 0.6 is 34.5 Å². The SMILES string of the molecule is CC(F)(F)CN1C(=O)c2[nH]nc(-c3cccc4[nH]c(=O)oc34)c2C1c1cnc(Oc2ccc(Cl)c(Cl)c2)s1. The van der Waals surface area contributed by atoms with Gasteiger partial charge in [0.1, 0.15) is 17.1 Å². The Morgan fingerprint density at radius 1 is 1.21 bits per heavy atom. The molecular weight excluding hydrogens is 563 g/mol. The molecule has 3 aromatic heterocycles. The maximum atomic E-state index is 14.2. The van der Waals surface area contributed by atoms with Crippen molar-refractivity contribution in [3.8, 4) is 22.2 Å². The van der Waals surface area contributed by atoms with Crippen molar-refractivity contribution in [2.45, 2.75) is 18.9 Å². The molecule has 194 valence electrons. The summed E-state index contributed by atoms with van der Waals surface area (Å²) in [4.78, 5) is 33.5. The van der Waals surface area contributed by atoms with Crippen molar-refractivity contribution in [3.05, 3.63) is 79.3 Å². The van der Waals surface area contributed by atoms with E-state index in [2.05, 4.69) is 20.2 Å². The second-order valence-electron chi connectivity index (χ2n) is 8.67. The average Bonchev–Trinajstić information content (AvgIpc) is 3.61. The molecule has 1 aliphatic rings. The summed E-state index contributed by atoms with van der Waals surface area (Å²) in [5, 5.41) is 7.84. The Balaban J connectivity index is 1.46. The van der Waals surface area contributed by atoms with E-state index in [0.717, 1.165) is 23.2 Å². The molecule has 0 saturated carbocycles. The van der Waals surface area contributed by atoms with E-state index < -0.39 is 30.2 Å². The van der Waals surface area contributed by atoms with Crippen LogP contribution in [0.5, 0.6) is 10.9 Å². The molecule has 1 amide bonds. The van der Waals surface area contributed by atoms with Crippen molar-refractivity contribution >= 4 is 51.5 Å². The van der Waals surface area contributed by atoms with Gasteiger partial charge in [-0.05, 0) is 24.3 Å². The number of H-pyrrole nitrogens is 2. The molecule has 0 radical (unpaired) electrons. The Labute approximate surface area is 226 Å². The first-order valence-electron chi connectivity index (χ1n) is 11.1. The number of amides is 1. The monoisotopic (exact) mass is 577 g/mol. The first-order chi connectivity index (χ1) is 18.1. The Hall–Kier alpha value is -3.74. The predicted octanol–water partition coefficient (Wildman–Crippen LogP) is 6.27. The number of nitrogens with one attached hydrogen (secondary N) is 2. The molecule has 0 spiro atoms. The third-order valence-corrected chi connectivity index (χ3v) is 7.55. The van der Waals surface area contributed by atoms with Crippen LogP contribution in [0.15, 0.2) is 51.8 Å². The number of ether oxygens (including phenoxy) is 1. The van der Waals surface area contributed by atoms with Crippen LogP contribution in [0.2, 0.25) is 10.0 Å². The van der Waals surface area contributed by atoms with Crippen LogP contribution < -0.4 is 10.5 Å². The van der Waals surface area contributed by atoms with E-state index in [4.69, 9.17) is 32.4 Å². The van der Waals surface area contributed by atoms with Gasteiger partial charge in [-0.15, -0.1) is 0 Å². The van der Waals surface area contributed by atoms with Gasteiger partial charge in [-0.25, -0.2) is 18.6 Å². The molecule has 0 bridgehead atoms. The number of carbonyl (C=O) groups excluding carboxylic acids is 1. The fourth-order valence-corrected chi connectivity index (χ4v) is 5.60. The van der Waals surface area contributed by atoms with Crippen LogP contribution in [-0.2, 0) is 0 Å². The third-order valence-electron chi connectivity index (χ3n) is 5.88. The lowest BCUT2D eigenvalue weighted by Crippen LogP contribution is -2.38. The van der Waals surface area contributed by atoms with Crippen molar-refractivity contribution in [1.29, 1.82) is 0 Å². The summed E-state index contributed by atoms with van der Waals surface area (Å²) in [6.07, 6.45) is 1.46. The van der Waals surface area contributed by atoms with Crippen molar-refractivity contribution in [3.63, 3.8) is 0 Å². The lowest BCUT2D eigenvalue weighted by Gasteiger charge is -2.27. The Morgan fingerprint density at radius 3 is 2.79 bits per heavy atom. The summed E-state index contributed by atoms with van der Waals surface area (Å²) in [7, 11) is 0. The van der Waals surface area contributed by atoms with Gasteiger partial charge in [-0.1, -0.05) is 40.6 Å². The minimum atomic E-state index is -3.18. The fraction of sp³-hybridized carbons (Fsp3) is 0.167. The van der Waals surface area contributed by atoms with E-state index in [1.165, 1.54) is 12.3 Å². The van der Waals surface area contributed by atoms with E-state index >= 15 is 0 Å². The zero-order valence-corrected chi connectivity index (χ0v) is 21.5. The third kappa shape index (κ3) is 4.24. The highest BCUT2D eigenvalue weighted by atomic mass is 35.5. The van der Waals surface area contributed by atoms with Gasteiger partial charge in [-0.2, -0.15) is 5.10 Å². The molecule has 1 unspecified atom stereocenters. The zero-order chi connectivity index (χ0) is 26.8. The van der Waals surface area contributed by atoms with Gasteiger partial charge in [-0.3, -0.25) is 14.9 Å². The van der Waals surface area contributed by atoms with Crippen LogP contribution in [-0.4, -0.2) is 43.4 Å². The van der Waals surface area contributed by atoms with Crippen LogP contribution in [0.25, 0.3) is 22.4 Å². The molecule has 2 N–H and O–H groups in total. The molecular formula is C24H15Cl2F2N5O4S. The maximum Gasteiger partial charge on any atom is 0.417 e. The highest BCUT2D eigenvalue weighted by Crippen LogP contribution is 2.47. The summed E-state index contributed by atoms with van der Waals surface area (Å²) >= 11 is 13.1. The molecule has 14 heteroatoms. The first-order valence-corrected chi connectivity index (χ1v) is 12.6.